The average Bonchev–Trinajstić information content (AvgIpc) is 3.24. The van der Waals surface area contributed by atoms with E-state index >= 15 is 0 Å². The fourth-order valence-electron chi connectivity index (χ4n) is 5.04. The molecule has 2 atom stereocenters. The number of H-pyrrole nitrogens is 1. The van der Waals surface area contributed by atoms with Crippen molar-refractivity contribution in [2.45, 2.75) is 58.1 Å². The van der Waals surface area contributed by atoms with Gasteiger partial charge in [-0.25, -0.2) is 4.79 Å². The molecule has 5 rings (SSSR count). The van der Waals surface area contributed by atoms with Crippen molar-refractivity contribution >= 4 is 33.7 Å². The van der Waals surface area contributed by atoms with E-state index in [0.717, 1.165) is 29.5 Å². The van der Waals surface area contributed by atoms with Gasteiger partial charge in [-0.1, -0.05) is 0 Å². The molecule has 1 amide bonds. The summed E-state index contributed by atoms with van der Waals surface area (Å²) < 4.78 is 11.6. The summed E-state index contributed by atoms with van der Waals surface area (Å²) in [5, 5.41) is 25.5. The smallest absolute Gasteiger partial charge is 0.339 e. The highest BCUT2D eigenvalue weighted by Gasteiger charge is 2.25. The number of ether oxygens (including phenoxy) is 1. The molecule has 0 aliphatic heterocycles. The Morgan fingerprint density at radius 1 is 1.19 bits per heavy atom. The summed E-state index contributed by atoms with van der Waals surface area (Å²) in [4.78, 5) is 40.4. The van der Waals surface area contributed by atoms with Crippen LogP contribution in [0.4, 0.5) is 0 Å². The number of aliphatic carboxylic acids is 1. The number of amides is 1. The molecule has 0 bridgehead atoms. The number of aryl methyl sites for hydroxylation is 2. The lowest BCUT2D eigenvalue weighted by Gasteiger charge is -2.24. The van der Waals surface area contributed by atoms with Crippen LogP contribution in [0.1, 0.15) is 42.0 Å². The molecule has 0 unspecified atom stereocenters. The Labute approximate surface area is 212 Å². The molecule has 192 valence electrons. The fourth-order valence-corrected chi connectivity index (χ4v) is 5.04. The molecule has 0 radical (unpaired) electrons. The van der Waals surface area contributed by atoms with Crippen molar-refractivity contribution in [1.82, 2.24) is 10.3 Å². The lowest BCUT2D eigenvalue weighted by molar-refractivity contribution is -0.308. The Hall–Kier alpha value is -4.27. The van der Waals surface area contributed by atoms with Crippen molar-refractivity contribution in [2.75, 3.05) is 0 Å². The van der Waals surface area contributed by atoms with Crippen LogP contribution in [-0.4, -0.2) is 34.1 Å². The summed E-state index contributed by atoms with van der Waals surface area (Å²) in [7, 11) is 0. The first-order valence-electron chi connectivity index (χ1n) is 12.3. The maximum absolute atomic E-state index is 13.0. The highest BCUT2D eigenvalue weighted by molar-refractivity contribution is 5.91. The number of carbonyl (C=O) groups excluding carboxylic acids is 2. The van der Waals surface area contributed by atoms with Gasteiger partial charge in [0.15, 0.2) is 6.10 Å². The second-order valence-electron chi connectivity index (χ2n) is 9.58. The number of hydrogen-bond acceptors (Lipinski definition) is 7. The number of aromatic nitrogens is 1. The number of phenols is 1. The number of phenolic OH excluding ortho intramolecular Hbond substituents is 1. The van der Waals surface area contributed by atoms with Crippen LogP contribution in [0.2, 0.25) is 0 Å². The van der Waals surface area contributed by atoms with E-state index in [1.54, 1.807) is 24.4 Å². The van der Waals surface area contributed by atoms with Gasteiger partial charge in [-0.05, 0) is 86.6 Å². The van der Waals surface area contributed by atoms with E-state index in [4.69, 9.17) is 9.15 Å². The van der Waals surface area contributed by atoms with Gasteiger partial charge in [-0.15, -0.1) is 0 Å². The van der Waals surface area contributed by atoms with Gasteiger partial charge in [0.25, 0.3) is 5.91 Å². The third-order valence-electron chi connectivity index (χ3n) is 6.88. The molecule has 1 aliphatic carbocycles. The summed E-state index contributed by atoms with van der Waals surface area (Å²) in [6.45, 7) is 3.37. The van der Waals surface area contributed by atoms with Crippen LogP contribution in [0.15, 0.2) is 45.7 Å². The molecule has 3 N–H and O–H groups in total. The molecule has 4 aromatic rings. The Balaban J connectivity index is 1.39. The van der Waals surface area contributed by atoms with Gasteiger partial charge in [0.1, 0.15) is 17.1 Å². The zero-order valence-corrected chi connectivity index (χ0v) is 20.6. The summed E-state index contributed by atoms with van der Waals surface area (Å²) >= 11 is 0. The topological polar surface area (TPSA) is 145 Å². The average molecular weight is 504 g/mol. The minimum absolute atomic E-state index is 0.0453. The van der Waals surface area contributed by atoms with E-state index < -0.39 is 24.0 Å². The number of aromatic amines is 1. The number of carbonyl (C=O) groups is 2. The predicted molar refractivity (Wildman–Crippen MR) is 135 cm³/mol. The normalized spacial score (nSPS) is 14.8. The zero-order chi connectivity index (χ0) is 26.3. The highest BCUT2D eigenvalue weighted by atomic mass is 16.5. The van der Waals surface area contributed by atoms with Crippen molar-refractivity contribution in [1.29, 1.82) is 0 Å². The van der Waals surface area contributed by atoms with Gasteiger partial charge in [0.2, 0.25) is 0 Å². The Bertz CT molecular complexity index is 1580. The SMILES string of the molecule is Cc1cc(O[C@@H](C)C(=O)N[C@H](Cc2c[nH]c3ccc(O)cc23)C(=O)[O-])c2c3c(c(=O)oc2c1)CCCC3. The first-order chi connectivity index (χ1) is 17.7. The van der Waals surface area contributed by atoms with Gasteiger partial charge < -0.3 is 34.5 Å². The molecule has 0 spiro atoms. The number of aromatic hydroxyl groups is 1. The van der Waals surface area contributed by atoms with E-state index in [0.29, 0.717) is 46.1 Å². The number of hydrogen-bond donors (Lipinski definition) is 3. The third kappa shape index (κ3) is 4.76. The van der Waals surface area contributed by atoms with Crippen molar-refractivity contribution in [3.63, 3.8) is 0 Å². The van der Waals surface area contributed by atoms with Crippen LogP contribution in [0, 0.1) is 6.92 Å². The molecule has 0 saturated carbocycles. The highest BCUT2D eigenvalue weighted by Crippen LogP contribution is 2.35. The molecule has 37 heavy (non-hydrogen) atoms. The molecule has 0 saturated heterocycles. The second-order valence-corrected chi connectivity index (χ2v) is 9.58. The number of rotatable bonds is 7. The summed E-state index contributed by atoms with van der Waals surface area (Å²) in [6.07, 6.45) is 3.75. The summed E-state index contributed by atoms with van der Waals surface area (Å²) in [5.74, 6) is -1.60. The van der Waals surface area contributed by atoms with Crippen LogP contribution in [0.5, 0.6) is 11.5 Å². The second kappa shape index (κ2) is 9.65. The van der Waals surface area contributed by atoms with E-state index in [1.165, 1.54) is 19.1 Å². The fraction of sp³-hybridized carbons (Fsp3) is 0.321. The predicted octanol–water partition coefficient (Wildman–Crippen LogP) is 2.41. The minimum Gasteiger partial charge on any atom is -0.548 e. The molecule has 2 aromatic heterocycles. The van der Waals surface area contributed by atoms with Gasteiger partial charge in [0, 0.05) is 29.1 Å². The molecule has 2 aromatic carbocycles. The number of fused-ring (bicyclic) bond motifs is 4. The minimum atomic E-state index is -1.44. The molecule has 9 nitrogen and oxygen atoms in total. The van der Waals surface area contributed by atoms with Crippen LogP contribution in [0.25, 0.3) is 21.9 Å². The monoisotopic (exact) mass is 503 g/mol. The first kappa shape index (κ1) is 24.4. The van der Waals surface area contributed by atoms with Crippen molar-refractivity contribution in [3.05, 3.63) is 69.2 Å². The molecule has 0 fully saturated rings. The Morgan fingerprint density at radius 3 is 2.70 bits per heavy atom. The first-order valence-corrected chi connectivity index (χ1v) is 12.3. The lowest BCUT2D eigenvalue weighted by atomic mass is 9.90. The lowest BCUT2D eigenvalue weighted by Crippen LogP contribution is -2.52. The Morgan fingerprint density at radius 2 is 1.95 bits per heavy atom. The van der Waals surface area contributed by atoms with Gasteiger partial charge in [0.05, 0.1) is 17.4 Å². The number of benzene rings is 2. The Kier molecular flexibility index (Phi) is 6.37. The number of carboxylic acids is 1. The van der Waals surface area contributed by atoms with Gasteiger partial charge in [-0.3, -0.25) is 4.79 Å². The summed E-state index contributed by atoms with van der Waals surface area (Å²) in [6, 6.07) is 6.98. The van der Waals surface area contributed by atoms with Crippen molar-refractivity contribution in [3.8, 4) is 11.5 Å². The maximum atomic E-state index is 13.0. The van der Waals surface area contributed by atoms with Gasteiger partial charge in [-0.2, -0.15) is 0 Å². The van der Waals surface area contributed by atoms with Crippen molar-refractivity contribution < 1.29 is 29.0 Å². The zero-order valence-electron chi connectivity index (χ0n) is 20.6. The van der Waals surface area contributed by atoms with Crippen LogP contribution in [-0.2, 0) is 28.9 Å². The van der Waals surface area contributed by atoms with E-state index in [9.17, 15) is 24.6 Å². The van der Waals surface area contributed by atoms with Crippen LogP contribution in [0.3, 0.4) is 0 Å². The number of nitrogens with one attached hydrogen (secondary N) is 2. The van der Waals surface area contributed by atoms with E-state index in [1.807, 2.05) is 6.92 Å². The van der Waals surface area contributed by atoms with Crippen LogP contribution < -0.4 is 20.8 Å². The maximum Gasteiger partial charge on any atom is 0.339 e. The third-order valence-corrected chi connectivity index (χ3v) is 6.88. The summed E-state index contributed by atoms with van der Waals surface area (Å²) in [5.41, 5.74) is 3.73. The molecular weight excluding hydrogens is 476 g/mol. The van der Waals surface area contributed by atoms with E-state index in [2.05, 4.69) is 10.3 Å². The molecule has 2 heterocycles. The van der Waals surface area contributed by atoms with Crippen LogP contribution >= 0.6 is 0 Å². The molecule has 9 heteroatoms. The van der Waals surface area contributed by atoms with Gasteiger partial charge >= 0.3 is 5.63 Å². The molecule has 1 aliphatic rings. The standard InChI is InChI=1S/C28H28N2O7/c1-14-9-23(25-18-5-3-4-6-19(18)28(35)37-24(25)10-14)36-15(2)26(32)30-22(27(33)34)11-16-13-29-21-8-7-17(31)12-20(16)21/h7-10,12-13,15,22,29,31H,3-6,11H2,1-2H3,(H,30,32)(H,33,34)/p-1/t15-,22+/m0/s1. The number of carboxylic acid groups (broad SMARTS) is 1. The quantitative estimate of drug-likeness (QED) is 0.329. The van der Waals surface area contributed by atoms with E-state index in [-0.39, 0.29) is 17.8 Å². The van der Waals surface area contributed by atoms with Crippen molar-refractivity contribution in [2.24, 2.45) is 0 Å². The molecular formula is C28H27N2O7-. The largest absolute Gasteiger partial charge is 0.548 e.